The van der Waals surface area contributed by atoms with Crippen LogP contribution < -0.4 is 9.64 Å². The Morgan fingerprint density at radius 3 is 2.67 bits per heavy atom. The molecule has 2 saturated heterocycles. The van der Waals surface area contributed by atoms with E-state index in [0.29, 0.717) is 24.0 Å². The standard InChI is InChI=1S/C27H31Cl2N5O2/c1-18(36-26-7-6-22(29)14-31-26)23-15-34(16-24(23)19-2-4-21(28)5-3-19)27(35)20-9-12-33(13-10-20)25-8-11-30-17-32-25/h2-4,6-8,11,14,17-18,20-21,23-24H,5,9-10,12-13,15-16H2,1H3. The molecule has 2 aliphatic heterocycles. The molecule has 0 bridgehead atoms. The Morgan fingerprint density at radius 2 is 2.00 bits per heavy atom. The number of pyridine rings is 1. The minimum atomic E-state index is -0.121. The number of allylic oxidation sites excluding steroid dienone is 3. The number of likely N-dealkylation sites (tertiary alicyclic amines) is 1. The van der Waals surface area contributed by atoms with Gasteiger partial charge in [-0.15, -0.1) is 11.6 Å². The van der Waals surface area contributed by atoms with Crippen LogP contribution in [-0.2, 0) is 4.79 Å². The van der Waals surface area contributed by atoms with Crippen LogP contribution >= 0.6 is 23.2 Å². The van der Waals surface area contributed by atoms with Crippen molar-refractivity contribution in [2.45, 2.75) is 37.7 Å². The van der Waals surface area contributed by atoms with Gasteiger partial charge >= 0.3 is 0 Å². The van der Waals surface area contributed by atoms with Gasteiger partial charge in [0.15, 0.2) is 0 Å². The smallest absolute Gasteiger partial charge is 0.225 e. The van der Waals surface area contributed by atoms with Crippen molar-refractivity contribution in [3.8, 4) is 5.88 Å². The Morgan fingerprint density at radius 1 is 1.17 bits per heavy atom. The molecule has 1 aliphatic carbocycles. The van der Waals surface area contributed by atoms with E-state index in [1.165, 1.54) is 5.57 Å². The number of carbonyl (C=O) groups excluding carboxylic acids is 1. The number of ether oxygens (including phenoxy) is 1. The van der Waals surface area contributed by atoms with Crippen LogP contribution in [0.1, 0.15) is 26.2 Å². The fourth-order valence-electron chi connectivity index (χ4n) is 5.52. The first kappa shape index (κ1) is 25.0. The summed E-state index contributed by atoms with van der Waals surface area (Å²) in [6.07, 6.45) is 13.6. The van der Waals surface area contributed by atoms with Gasteiger partial charge in [-0.3, -0.25) is 4.79 Å². The molecule has 36 heavy (non-hydrogen) atoms. The number of halogens is 2. The van der Waals surface area contributed by atoms with Crippen LogP contribution in [0.2, 0.25) is 5.02 Å². The molecule has 2 aromatic heterocycles. The van der Waals surface area contributed by atoms with E-state index in [0.717, 1.165) is 38.2 Å². The largest absolute Gasteiger partial charge is 0.474 e. The van der Waals surface area contributed by atoms with Gasteiger partial charge in [-0.2, -0.15) is 0 Å². The highest BCUT2D eigenvalue weighted by molar-refractivity contribution is 6.30. The molecular weight excluding hydrogens is 497 g/mol. The maximum atomic E-state index is 13.6. The zero-order valence-corrected chi connectivity index (χ0v) is 21.9. The van der Waals surface area contributed by atoms with Crippen molar-refractivity contribution in [1.82, 2.24) is 19.9 Å². The lowest BCUT2D eigenvalue weighted by Crippen LogP contribution is -2.42. The molecule has 1 amide bonds. The Balaban J connectivity index is 1.27. The third kappa shape index (κ3) is 5.68. The van der Waals surface area contributed by atoms with Crippen molar-refractivity contribution in [1.29, 1.82) is 0 Å². The highest BCUT2D eigenvalue weighted by atomic mass is 35.5. The monoisotopic (exact) mass is 527 g/mol. The number of nitrogens with zero attached hydrogens (tertiary/aromatic N) is 5. The second-order valence-electron chi connectivity index (χ2n) is 9.80. The molecule has 0 saturated carbocycles. The number of carbonyl (C=O) groups is 1. The molecule has 0 spiro atoms. The number of anilines is 1. The first-order valence-electron chi connectivity index (χ1n) is 12.6. The van der Waals surface area contributed by atoms with Gasteiger partial charge in [0.2, 0.25) is 11.8 Å². The van der Waals surface area contributed by atoms with Gasteiger partial charge in [0, 0.05) is 62.4 Å². The van der Waals surface area contributed by atoms with Gasteiger partial charge in [0.1, 0.15) is 18.2 Å². The lowest BCUT2D eigenvalue weighted by Gasteiger charge is -2.33. The Labute approximate surface area is 222 Å². The molecule has 4 atom stereocenters. The number of piperidine rings is 1. The number of amides is 1. The number of aromatic nitrogens is 3. The van der Waals surface area contributed by atoms with Crippen molar-refractivity contribution >= 4 is 34.9 Å². The van der Waals surface area contributed by atoms with E-state index in [-0.39, 0.29) is 35.1 Å². The van der Waals surface area contributed by atoms with Gasteiger partial charge in [-0.1, -0.05) is 29.8 Å². The summed E-state index contributed by atoms with van der Waals surface area (Å²) in [5.74, 6) is 2.08. The second-order valence-corrected chi connectivity index (χ2v) is 10.8. The molecule has 4 heterocycles. The Hall–Kier alpha value is -2.64. The Kier molecular flexibility index (Phi) is 7.77. The maximum Gasteiger partial charge on any atom is 0.225 e. The van der Waals surface area contributed by atoms with Crippen LogP contribution in [0.15, 0.2) is 60.7 Å². The predicted molar refractivity (Wildman–Crippen MR) is 141 cm³/mol. The first-order valence-corrected chi connectivity index (χ1v) is 13.4. The first-order chi connectivity index (χ1) is 17.5. The third-order valence-corrected chi connectivity index (χ3v) is 8.07. The summed E-state index contributed by atoms with van der Waals surface area (Å²) in [6.45, 7) is 5.07. The van der Waals surface area contributed by atoms with Gasteiger partial charge in [-0.25, -0.2) is 15.0 Å². The maximum absolute atomic E-state index is 13.6. The lowest BCUT2D eigenvalue weighted by atomic mass is 9.83. The van der Waals surface area contributed by atoms with E-state index in [9.17, 15) is 4.79 Å². The summed E-state index contributed by atoms with van der Waals surface area (Å²) < 4.78 is 6.23. The highest BCUT2D eigenvalue weighted by Gasteiger charge is 2.42. The molecule has 4 unspecified atom stereocenters. The van der Waals surface area contributed by atoms with Gasteiger partial charge in [-0.05, 0) is 43.9 Å². The number of alkyl halides is 1. The van der Waals surface area contributed by atoms with Gasteiger partial charge < -0.3 is 14.5 Å². The fourth-order valence-corrected chi connectivity index (χ4v) is 5.79. The van der Waals surface area contributed by atoms with E-state index in [2.05, 4.69) is 43.8 Å². The molecule has 7 nitrogen and oxygen atoms in total. The topological polar surface area (TPSA) is 71.5 Å². The molecule has 9 heteroatoms. The molecule has 2 aromatic rings. The average molecular weight is 528 g/mol. The van der Waals surface area contributed by atoms with E-state index in [4.69, 9.17) is 27.9 Å². The minimum absolute atomic E-state index is 0.0262. The molecule has 190 valence electrons. The van der Waals surface area contributed by atoms with Crippen molar-refractivity contribution < 1.29 is 9.53 Å². The number of rotatable bonds is 6. The zero-order chi connectivity index (χ0) is 25.1. The van der Waals surface area contributed by atoms with Crippen LogP contribution in [0.4, 0.5) is 5.82 Å². The molecule has 0 N–H and O–H groups in total. The van der Waals surface area contributed by atoms with Crippen LogP contribution in [0.5, 0.6) is 5.88 Å². The summed E-state index contributed by atoms with van der Waals surface area (Å²) in [7, 11) is 0. The Bertz CT molecular complexity index is 1100. The van der Waals surface area contributed by atoms with E-state index >= 15 is 0 Å². The molecule has 2 fully saturated rings. The molecule has 3 aliphatic rings. The molecular formula is C27H31Cl2N5O2. The molecule has 5 rings (SSSR count). The second kappa shape index (κ2) is 11.2. The van der Waals surface area contributed by atoms with E-state index in [1.807, 2.05) is 12.1 Å². The summed E-state index contributed by atoms with van der Waals surface area (Å²) in [4.78, 5) is 30.6. The predicted octanol–water partition coefficient (Wildman–Crippen LogP) is 4.78. The fraction of sp³-hybridized carbons (Fsp3) is 0.481. The highest BCUT2D eigenvalue weighted by Crippen LogP contribution is 2.37. The molecule has 0 radical (unpaired) electrons. The van der Waals surface area contributed by atoms with E-state index < -0.39 is 0 Å². The van der Waals surface area contributed by atoms with Crippen molar-refractivity contribution in [3.63, 3.8) is 0 Å². The van der Waals surface area contributed by atoms with Crippen LogP contribution in [0.3, 0.4) is 0 Å². The summed E-state index contributed by atoms with van der Waals surface area (Å²) in [5, 5.41) is 0.600. The van der Waals surface area contributed by atoms with Crippen LogP contribution in [-0.4, -0.2) is 63.4 Å². The average Bonchev–Trinajstić information content (AvgIpc) is 3.36. The van der Waals surface area contributed by atoms with Crippen LogP contribution in [0, 0.1) is 17.8 Å². The number of hydrogen-bond acceptors (Lipinski definition) is 6. The molecule has 0 aromatic carbocycles. The zero-order valence-electron chi connectivity index (χ0n) is 20.3. The van der Waals surface area contributed by atoms with Gasteiger partial charge in [0.05, 0.1) is 10.4 Å². The van der Waals surface area contributed by atoms with Crippen molar-refractivity contribution in [2.24, 2.45) is 17.8 Å². The number of hydrogen-bond donors (Lipinski definition) is 0. The van der Waals surface area contributed by atoms with Crippen molar-refractivity contribution in [2.75, 3.05) is 31.1 Å². The summed E-state index contributed by atoms with van der Waals surface area (Å²) >= 11 is 12.3. The summed E-state index contributed by atoms with van der Waals surface area (Å²) in [5.41, 5.74) is 1.24. The normalized spacial score (nSPS) is 25.5. The van der Waals surface area contributed by atoms with Gasteiger partial charge in [0.25, 0.3) is 0 Å². The lowest BCUT2D eigenvalue weighted by molar-refractivity contribution is -0.135. The minimum Gasteiger partial charge on any atom is -0.474 e. The quantitative estimate of drug-likeness (QED) is 0.503. The van der Waals surface area contributed by atoms with Crippen molar-refractivity contribution in [3.05, 3.63) is 65.7 Å². The van der Waals surface area contributed by atoms with E-state index in [1.54, 1.807) is 30.9 Å². The van der Waals surface area contributed by atoms with Crippen LogP contribution in [0.25, 0.3) is 0 Å². The summed E-state index contributed by atoms with van der Waals surface area (Å²) in [6, 6.07) is 5.49. The SMILES string of the molecule is CC(Oc1ccc(Cl)cn1)C1CN(C(=O)C2CCN(c3ccncn3)CC2)CC1C1=CCC(Cl)C=C1. The third-order valence-electron chi connectivity index (χ3n) is 7.53.